The van der Waals surface area contributed by atoms with Crippen LogP contribution < -0.4 is 5.73 Å². The van der Waals surface area contributed by atoms with E-state index in [2.05, 4.69) is 0 Å². The first kappa shape index (κ1) is 10.3. The maximum atomic E-state index is 8.54. The molecular formula is C6H15N3O2. The summed E-state index contributed by atoms with van der Waals surface area (Å²) < 4.78 is 0. The molecule has 0 aliphatic heterocycles. The van der Waals surface area contributed by atoms with Crippen LogP contribution in [0.1, 0.15) is 0 Å². The number of nitrogens with two attached hydrogens (primary N) is 1. The second-order valence-corrected chi connectivity index (χ2v) is 2.25. The van der Waals surface area contributed by atoms with Crippen molar-refractivity contribution in [2.45, 2.75) is 0 Å². The molecule has 11 heavy (non-hydrogen) atoms. The van der Waals surface area contributed by atoms with Gasteiger partial charge < -0.3 is 15.9 Å². The third-order valence-electron chi connectivity index (χ3n) is 1.23. The molecule has 0 spiro atoms. The van der Waals surface area contributed by atoms with Gasteiger partial charge in [-0.25, -0.2) is 0 Å². The molecule has 0 bridgehead atoms. The molecule has 0 rings (SSSR count). The fourth-order valence-corrected chi connectivity index (χ4v) is 0.794. The van der Waals surface area contributed by atoms with Gasteiger partial charge in [0.2, 0.25) is 0 Å². The Morgan fingerprint density at radius 3 is 2.00 bits per heavy atom. The highest BCUT2D eigenvalue weighted by molar-refractivity contribution is 5.78. The van der Waals surface area contributed by atoms with Gasteiger partial charge in [0.05, 0.1) is 19.8 Å². The molecule has 0 aromatic heterocycles. The van der Waals surface area contributed by atoms with E-state index in [0.29, 0.717) is 19.6 Å². The highest BCUT2D eigenvalue weighted by Crippen LogP contribution is 1.84. The van der Waals surface area contributed by atoms with Crippen LogP contribution in [0.3, 0.4) is 0 Å². The molecule has 5 N–H and O–H groups in total. The zero-order chi connectivity index (χ0) is 8.69. The summed E-state index contributed by atoms with van der Waals surface area (Å²) in [5, 5.41) is 24.0. The third kappa shape index (κ3) is 5.78. The highest BCUT2D eigenvalue weighted by atomic mass is 16.3. The van der Waals surface area contributed by atoms with E-state index in [0.717, 1.165) is 0 Å². The predicted molar refractivity (Wildman–Crippen MR) is 42.5 cm³/mol. The van der Waals surface area contributed by atoms with Crippen molar-refractivity contribution in [2.24, 2.45) is 5.73 Å². The molecule has 0 saturated heterocycles. The molecule has 0 aromatic rings. The lowest BCUT2D eigenvalue weighted by Crippen LogP contribution is -2.37. The van der Waals surface area contributed by atoms with Gasteiger partial charge in [-0.3, -0.25) is 10.3 Å². The molecule has 0 aliphatic carbocycles. The van der Waals surface area contributed by atoms with Gasteiger partial charge >= 0.3 is 0 Å². The van der Waals surface area contributed by atoms with Crippen molar-refractivity contribution in [1.82, 2.24) is 4.90 Å². The number of aliphatic hydroxyl groups is 2. The minimum Gasteiger partial charge on any atom is -0.395 e. The first-order valence-corrected chi connectivity index (χ1v) is 3.47. The summed E-state index contributed by atoms with van der Waals surface area (Å²) in [6.45, 7) is 1.24. The van der Waals surface area contributed by atoms with Crippen molar-refractivity contribution in [3.8, 4) is 0 Å². The monoisotopic (exact) mass is 161 g/mol. The maximum absolute atomic E-state index is 8.54. The van der Waals surface area contributed by atoms with Crippen molar-refractivity contribution >= 4 is 5.84 Å². The van der Waals surface area contributed by atoms with Gasteiger partial charge in [-0.2, -0.15) is 0 Å². The van der Waals surface area contributed by atoms with Crippen molar-refractivity contribution < 1.29 is 10.2 Å². The predicted octanol–water partition coefficient (Wildman–Crippen LogP) is -1.79. The van der Waals surface area contributed by atoms with E-state index < -0.39 is 0 Å². The SMILES string of the molecule is N=C(N)CN(CCO)CCO. The summed E-state index contributed by atoms with van der Waals surface area (Å²) in [5.74, 6) is 0.0481. The molecule has 0 amide bonds. The fraction of sp³-hybridized carbons (Fsp3) is 0.833. The topological polar surface area (TPSA) is 93.6 Å². The van der Waals surface area contributed by atoms with Gasteiger partial charge in [0.15, 0.2) is 0 Å². The Kier molecular flexibility index (Phi) is 5.73. The Morgan fingerprint density at radius 1 is 1.27 bits per heavy atom. The maximum Gasteiger partial charge on any atom is 0.105 e. The van der Waals surface area contributed by atoms with Crippen molar-refractivity contribution in [2.75, 3.05) is 32.8 Å². The van der Waals surface area contributed by atoms with Crippen LogP contribution in [-0.2, 0) is 0 Å². The number of amidine groups is 1. The van der Waals surface area contributed by atoms with Gasteiger partial charge in [-0.1, -0.05) is 0 Å². The van der Waals surface area contributed by atoms with E-state index in [1.54, 1.807) is 4.90 Å². The molecule has 0 atom stereocenters. The van der Waals surface area contributed by atoms with Crippen LogP contribution in [0.2, 0.25) is 0 Å². The molecular weight excluding hydrogens is 146 g/mol. The second kappa shape index (κ2) is 6.09. The van der Waals surface area contributed by atoms with Gasteiger partial charge in [0.1, 0.15) is 5.84 Å². The van der Waals surface area contributed by atoms with Gasteiger partial charge in [-0.15, -0.1) is 0 Å². The van der Waals surface area contributed by atoms with Crippen LogP contribution in [0.25, 0.3) is 0 Å². The summed E-state index contributed by atoms with van der Waals surface area (Å²) in [6, 6.07) is 0. The molecule has 66 valence electrons. The largest absolute Gasteiger partial charge is 0.395 e. The Hall–Kier alpha value is -0.650. The number of nitrogens with one attached hydrogen (secondary N) is 1. The molecule has 0 unspecified atom stereocenters. The van der Waals surface area contributed by atoms with Gasteiger partial charge in [-0.05, 0) is 0 Å². The first-order valence-electron chi connectivity index (χ1n) is 3.47. The van der Waals surface area contributed by atoms with Crippen molar-refractivity contribution in [1.29, 1.82) is 5.41 Å². The van der Waals surface area contributed by atoms with E-state index >= 15 is 0 Å². The average molecular weight is 161 g/mol. The second-order valence-electron chi connectivity index (χ2n) is 2.25. The number of nitrogens with zero attached hydrogens (tertiary/aromatic N) is 1. The summed E-state index contributed by atoms with van der Waals surface area (Å²) in [6.07, 6.45) is 0. The minimum atomic E-state index is 0.0211. The Bertz CT molecular complexity index is 112. The van der Waals surface area contributed by atoms with Crippen molar-refractivity contribution in [3.05, 3.63) is 0 Å². The van der Waals surface area contributed by atoms with Crippen LogP contribution in [-0.4, -0.2) is 53.8 Å². The number of hydrogen-bond acceptors (Lipinski definition) is 4. The van der Waals surface area contributed by atoms with Gasteiger partial charge in [0.25, 0.3) is 0 Å². The number of rotatable bonds is 6. The van der Waals surface area contributed by atoms with Crippen LogP contribution in [0.15, 0.2) is 0 Å². The fourth-order valence-electron chi connectivity index (χ4n) is 0.794. The van der Waals surface area contributed by atoms with E-state index in [9.17, 15) is 0 Å². The Balaban J connectivity index is 3.59. The summed E-state index contributed by atoms with van der Waals surface area (Å²) in [7, 11) is 0. The number of aliphatic hydroxyl groups excluding tert-OH is 2. The average Bonchev–Trinajstić information content (AvgIpc) is 1.87. The zero-order valence-corrected chi connectivity index (χ0v) is 6.45. The molecule has 5 nitrogen and oxygen atoms in total. The summed E-state index contributed by atoms with van der Waals surface area (Å²) in [4.78, 5) is 1.71. The van der Waals surface area contributed by atoms with E-state index in [1.807, 2.05) is 0 Å². The van der Waals surface area contributed by atoms with E-state index in [4.69, 9.17) is 21.4 Å². The van der Waals surface area contributed by atoms with Crippen molar-refractivity contribution in [3.63, 3.8) is 0 Å². The van der Waals surface area contributed by atoms with E-state index in [1.165, 1.54) is 0 Å². The lowest BCUT2D eigenvalue weighted by atomic mass is 10.4. The van der Waals surface area contributed by atoms with Gasteiger partial charge in [0, 0.05) is 13.1 Å². The zero-order valence-electron chi connectivity index (χ0n) is 6.45. The Morgan fingerprint density at radius 2 is 1.73 bits per heavy atom. The Labute approximate surface area is 65.9 Å². The normalized spacial score (nSPS) is 10.5. The first-order chi connectivity index (χ1) is 5.20. The number of hydrogen-bond donors (Lipinski definition) is 4. The molecule has 0 aliphatic rings. The van der Waals surface area contributed by atoms with Crippen LogP contribution in [0, 0.1) is 5.41 Å². The summed E-state index contributed by atoms with van der Waals surface area (Å²) >= 11 is 0. The quantitative estimate of drug-likeness (QED) is 0.273. The van der Waals surface area contributed by atoms with Crippen LogP contribution in [0.4, 0.5) is 0 Å². The lowest BCUT2D eigenvalue weighted by molar-refractivity contribution is 0.175. The molecule has 0 fully saturated rings. The summed E-state index contributed by atoms with van der Waals surface area (Å²) in [5.41, 5.74) is 5.13. The highest BCUT2D eigenvalue weighted by Gasteiger charge is 2.03. The molecule has 0 saturated carbocycles. The van der Waals surface area contributed by atoms with Crippen LogP contribution >= 0.6 is 0 Å². The molecule has 5 heteroatoms. The van der Waals surface area contributed by atoms with E-state index in [-0.39, 0.29) is 19.0 Å². The van der Waals surface area contributed by atoms with Crippen LogP contribution in [0.5, 0.6) is 0 Å². The minimum absolute atomic E-state index is 0.0211. The molecule has 0 radical (unpaired) electrons. The molecule has 0 heterocycles. The molecule has 0 aromatic carbocycles. The lowest BCUT2D eigenvalue weighted by Gasteiger charge is -2.18. The third-order valence-corrected chi connectivity index (χ3v) is 1.23. The standard InChI is InChI=1S/C6H15N3O2/c7-6(8)5-9(1-3-10)2-4-11/h10-11H,1-5H2,(H3,7,8). The smallest absolute Gasteiger partial charge is 0.105 e.